The fraction of sp³-hybridized carbons (Fsp3) is 0.200. The van der Waals surface area contributed by atoms with E-state index < -0.39 is 0 Å². The fourth-order valence-corrected chi connectivity index (χ4v) is 1.05. The van der Waals surface area contributed by atoms with Crippen LogP contribution >= 0.6 is 0 Å². The van der Waals surface area contributed by atoms with Crippen molar-refractivity contribution >= 4 is 6.08 Å². The van der Waals surface area contributed by atoms with Gasteiger partial charge in [0.05, 0.1) is 25.3 Å². The lowest BCUT2D eigenvalue weighted by atomic mass is 10.1. The smallest absolute Gasteiger partial charge is 0.235 e. The highest BCUT2D eigenvalue weighted by atomic mass is 16.5. The number of nitriles is 1. The average molecular weight is 188 g/mol. The molecule has 0 aliphatic rings. The molecule has 1 aromatic rings. The van der Waals surface area contributed by atoms with Gasteiger partial charge in [0, 0.05) is 0 Å². The molecule has 70 valence electrons. The maximum absolute atomic E-state index is 9.93. The minimum Gasteiger partial charge on any atom is -0.497 e. The van der Waals surface area contributed by atoms with Crippen LogP contribution in [0.2, 0.25) is 0 Å². The zero-order chi connectivity index (χ0) is 10.4. The van der Waals surface area contributed by atoms with Crippen LogP contribution in [-0.2, 0) is 11.3 Å². The first kappa shape index (κ1) is 9.97. The van der Waals surface area contributed by atoms with Crippen LogP contribution in [0.25, 0.3) is 0 Å². The van der Waals surface area contributed by atoms with Crippen molar-refractivity contribution < 1.29 is 9.53 Å². The van der Waals surface area contributed by atoms with Crippen molar-refractivity contribution in [1.82, 2.24) is 0 Å². The van der Waals surface area contributed by atoms with E-state index in [2.05, 4.69) is 4.99 Å². The number of hydrogen-bond donors (Lipinski definition) is 0. The normalized spacial score (nSPS) is 8.57. The molecule has 14 heavy (non-hydrogen) atoms. The molecular weight excluding hydrogens is 180 g/mol. The van der Waals surface area contributed by atoms with Gasteiger partial charge in [0.15, 0.2) is 0 Å². The summed E-state index contributed by atoms with van der Waals surface area (Å²) in [4.78, 5) is 13.3. The Balaban J connectivity index is 3.09. The van der Waals surface area contributed by atoms with Crippen molar-refractivity contribution in [2.24, 2.45) is 4.99 Å². The predicted octanol–water partition coefficient (Wildman–Crippen LogP) is 1.40. The van der Waals surface area contributed by atoms with Crippen LogP contribution in [0, 0.1) is 11.3 Å². The van der Waals surface area contributed by atoms with Gasteiger partial charge in [-0.25, -0.2) is 9.79 Å². The number of hydrogen-bond acceptors (Lipinski definition) is 4. The Bertz CT molecular complexity index is 415. The molecule has 0 unspecified atom stereocenters. The Morgan fingerprint density at radius 2 is 2.36 bits per heavy atom. The van der Waals surface area contributed by atoms with E-state index in [0.717, 1.165) is 0 Å². The summed E-state index contributed by atoms with van der Waals surface area (Å²) >= 11 is 0. The Hall–Kier alpha value is -2.11. The Morgan fingerprint density at radius 1 is 1.57 bits per heavy atom. The summed E-state index contributed by atoms with van der Waals surface area (Å²) in [7, 11) is 1.54. The number of benzene rings is 1. The van der Waals surface area contributed by atoms with E-state index in [1.807, 2.05) is 6.07 Å². The second-order valence-corrected chi connectivity index (χ2v) is 2.54. The molecule has 0 spiro atoms. The number of rotatable bonds is 3. The van der Waals surface area contributed by atoms with E-state index in [4.69, 9.17) is 10.00 Å². The van der Waals surface area contributed by atoms with Crippen molar-refractivity contribution in [2.45, 2.75) is 6.54 Å². The maximum atomic E-state index is 9.93. The number of nitrogens with zero attached hydrogens (tertiary/aromatic N) is 2. The van der Waals surface area contributed by atoms with Gasteiger partial charge in [0.25, 0.3) is 0 Å². The number of aliphatic imine (C=N–C) groups is 1. The molecular formula is C10H8N2O2. The molecule has 0 saturated heterocycles. The number of methoxy groups -OCH3 is 1. The molecule has 0 saturated carbocycles. The van der Waals surface area contributed by atoms with Crippen molar-refractivity contribution in [3.8, 4) is 11.8 Å². The summed E-state index contributed by atoms with van der Waals surface area (Å²) in [6.45, 7) is 0.156. The van der Waals surface area contributed by atoms with Gasteiger partial charge in [0.2, 0.25) is 6.08 Å². The van der Waals surface area contributed by atoms with Crippen LogP contribution in [0.15, 0.2) is 23.2 Å². The molecule has 0 radical (unpaired) electrons. The number of carbonyl (C=O) groups excluding carboxylic acids is 1. The van der Waals surface area contributed by atoms with Gasteiger partial charge < -0.3 is 4.74 Å². The molecule has 1 rings (SSSR count). The van der Waals surface area contributed by atoms with E-state index in [0.29, 0.717) is 16.9 Å². The highest BCUT2D eigenvalue weighted by Crippen LogP contribution is 2.17. The third-order valence-corrected chi connectivity index (χ3v) is 1.75. The standard InChI is InChI=1S/C10H8N2O2/c1-14-10-3-2-8(5-11)9(4-10)6-12-7-13/h2-4H,6H2,1H3. The lowest BCUT2D eigenvalue weighted by Crippen LogP contribution is -1.90. The third kappa shape index (κ3) is 2.19. The van der Waals surface area contributed by atoms with Crippen LogP contribution in [0.3, 0.4) is 0 Å². The number of ether oxygens (including phenoxy) is 1. The van der Waals surface area contributed by atoms with Crippen LogP contribution in [-0.4, -0.2) is 13.2 Å². The van der Waals surface area contributed by atoms with Crippen molar-refractivity contribution in [1.29, 1.82) is 5.26 Å². The molecule has 1 aromatic carbocycles. The minimum absolute atomic E-state index is 0.156. The molecule has 0 aliphatic heterocycles. The molecule has 4 nitrogen and oxygen atoms in total. The summed E-state index contributed by atoms with van der Waals surface area (Å²) in [5, 5.41) is 8.75. The van der Waals surface area contributed by atoms with Gasteiger partial charge in [-0.1, -0.05) is 0 Å². The third-order valence-electron chi connectivity index (χ3n) is 1.75. The van der Waals surface area contributed by atoms with Gasteiger partial charge in [-0.05, 0) is 23.8 Å². The second-order valence-electron chi connectivity index (χ2n) is 2.54. The van der Waals surface area contributed by atoms with Crippen molar-refractivity contribution in [3.05, 3.63) is 29.3 Å². The lowest BCUT2D eigenvalue weighted by Gasteiger charge is -2.03. The van der Waals surface area contributed by atoms with Gasteiger partial charge in [0.1, 0.15) is 5.75 Å². The van der Waals surface area contributed by atoms with E-state index >= 15 is 0 Å². The van der Waals surface area contributed by atoms with E-state index in [1.165, 1.54) is 13.2 Å². The molecule has 0 N–H and O–H groups in total. The van der Waals surface area contributed by atoms with Crippen LogP contribution in [0.1, 0.15) is 11.1 Å². The molecule has 0 heterocycles. The van der Waals surface area contributed by atoms with Crippen LogP contribution in [0.5, 0.6) is 5.75 Å². The van der Waals surface area contributed by atoms with E-state index in [9.17, 15) is 4.79 Å². The zero-order valence-electron chi connectivity index (χ0n) is 7.65. The summed E-state index contributed by atoms with van der Waals surface area (Å²) in [6, 6.07) is 7.01. The van der Waals surface area contributed by atoms with Gasteiger partial charge in [-0.15, -0.1) is 0 Å². The Morgan fingerprint density at radius 3 is 2.93 bits per heavy atom. The van der Waals surface area contributed by atoms with Gasteiger partial charge in [-0.2, -0.15) is 5.26 Å². The van der Waals surface area contributed by atoms with Gasteiger partial charge in [-0.3, -0.25) is 0 Å². The average Bonchev–Trinajstić information content (AvgIpc) is 2.25. The summed E-state index contributed by atoms with van der Waals surface area (Å²) in [5.74, 6) is 0.639. The van der Waals surface area contributed by atoms with Crippen LogP contribution in [0.4, 0.5) is 0 Å². The fourth-order valence-electron chi connectivity index (χ4n) is 1.05. The van der Waals surface area contributed by atoms with E-state index in [-0.39, 0.29) is 6.54 Å². The SMILES string of the molecule is COc1ccc(C#N)c(CN=C=O)c1. The largest absolute Gasteiger partial charge is 0.497 e. The zero-order valence-corrected chi connectivity index (χ0v) is 7.65. The predicted molar refractivity (Wildman–Crippen MR) is 49.5 cm³/mol. The maximum Gasteiger partial charge on any atom is 0.235 e. The molecule has 0 fully saturated rings. The Kier molecular flexibility index (Phi) is 3.42. The monoisotopic (exact) mass is 188 g/mol. The second kappa shape index (κ2) is 4.80. The first-order valence-electron chi connectivity index (χ1n) is 3.92. The van der Waals surface area contributed by atoms with Crippen LogP contribution < -0.4 is 4.74 Å². The highest BCUT2D eigenvalue weighted by molar-refractivity contribution is 5.43. The molecule has 4 heteroatoms. The summed E-state index contributed by atoms with van der Waals surface area (Å²) < 4.78 is 4.98. The number of isocyanates is 1. The first-order valence-corrected chi connectivity index (χ1v) is 3.92. The molecule has 0 bridgehead atoms. The first-order chi connectivity index (χ1) is 6.81. The highest BCUT2D eigenvalue weighted by Gasteiger charge is 2.02. The summed E-state index contributed by atoms with van der Waals surface area (Å²) in [6.07, 6.45) is 1.43. The lowest BCUT2D eigenvalue weighted by molar-refractivity contribution is 0.414. The molecule has 0 atom stereocenters. The quantitative estimate of drug-likeness (QED) is 0.532. The molecule has 0 amide bonds. The van der Waals surface area contributed by atoms with Crippen molar-refractivity contribution in [2.75, 3.05) is 7.11 Å². The van der Waals surface area contributed by atoms with E-state index in [1.54, 1.807) is 18.2 Å². The molecule has 0 aromatic heterocycles. The Labute approximate surface area is 81.5 Å². The summed E-state index contributed by atoms with van der Waals surface area (Å²) in [5.41, 5.74) is 1.15. The van der Waals surface area contributed by atoms with Crippen molar-refractivity contribution in [3.63, 3.8) is 0 Å². The molecule has 0 aliphatic carbocycles. The van der Waals surface area contributed by atoms with Gasteiger partial charge >= 0.3 is 0 Å². The topological polar surface area (TPSA) is 62.4 Å². The minimum atomic E-state index is 0.156.